The molecule has 0 spiro atoms. The third-order valence-corrected chi connectivity index (χ3v) is 3.51. The maximum Gasteiger partial charge on any atom is 0.251 e. The molecular formula is C15H13BrClNO. The van der Waals surface area contributed by atoms with Gasteiger partial charge in [0.25, 0.3) is 5.91 Å². The van der Waals surface area contributed by atoms with Crippen LogP contribution < -0.4 is 5.32 Å². The van der Waals surface area contributed by atoms with E-state index >= 15 is 0 Å². The summed E-state index contributed by atoms with van der Waals surface area (Å²) in [6, 6.07) is 14.7. The number of amides is 1. The SMILES string of the molecule is C[C@@H](NC(=O)c1cccc(Br)c1)c1cccc(Cl)c1. The Labute approximate surface area is 125 Å². The molecule has 1 amide bonds. The highest BCUT2D eigenvalue weighted by Crippen LogP contribution is 2.18. The average Bonchev–Trinajstić information content (AvgIpc) is 2.38. The Morgan fingerprint density at radius 2 is 1.95 bits per heavy atom. The number of nitrogens with one attached hydrogen (secondary N) is 1. The summed E-state index contributed by atoms with van der Waals surface area (Å²) in [6.07, 6.45) is 0. The van der Waals surface area contributed by atoms with Crippen molar-refractivity contribution < 1.29 is 4.79 Å². The van der Waals surface area contributed by atoms with Crippen molar-refractivity contribution in [1.82, 2.24) is 5.32 Å². The van der Waals surface area contributed by atoms with Crippen LogP contribution in [0.3, 0.4) is 0 Å². The van der Waals surface area contributed by atoms with Gasteiger partial charge in [-0.1, -0.05) is 45.7 Å². The van der Waals surface area contributed by atoms with E-state index in [1.807, 2.05) is 43.3 Å². The first-order chi connectivity index (χ1) is 9.06. The van der Waals surface area contributed by atoms with Crippen molar-refractivity contribution in [1.29, 1.82) is 0 Å². The maximum atomic E-state index is 12.1. The molecule has 1 atom stereocenters. The predicted octanol–water partition coefficient (Wildman–Crippen LogP) is 4.59. The molecule has 1 N–H and O–H groups in total. The monoisotopic (exact) mass is 337 g/mol. The lowest BCUT2D eigenvalue weighted by atomic mass is 10.1. The summed E-state index contributed by atoms with van der Waals surface area (Å²) < 4.78 is 0.885. The summed E-state index contributed by atoms with van der Waals surface area (Å²) in [5, 5.41) is 3.62. The van der Waals surface area contributed by atoms with Crippen LogP contribution in [0.4, 0.5) is 0 Å². The molecule has 0 fully saturated rings. The minimum Gasteiger partial charge on any atom is -0.346 e. The number of rotatable bonds is 3. The fourth-order valence-corrected chi connectivity index (χ4v) is 2.37. The summed E-state index contributed by atoms with van der Waals surface area (Å²) >= 11 is 9.30. The van der Waals surface area contributed by atoms with Gasteiger partial charge in [0.15, 0.2) is 0 Å². The minimum atomic E-state index is -0.103. The highest BCUT2D eigenvalue weighted by Gasteiger charge is 2.11. The van der Waals surface area contributed by atoms with Gasteiger partial charge in [-0.25, -0.2) is 0 Å². The van der Waals surface area contributed by atoms with E-state index in [4.69, 9.17) is 11.6 Å². The van der Waals surface area contributed by atoms with Gasteiger partial charge >= 0.3 is 0 Å². The summed E-state index contributed by atoms with van der Waals surface area (Å²) in [5.74, 6) is -0.103. The molecule has 0 aromatic heterocycles. The molecule has 2 rings (SSSR count). The molecule has 2 aromatic carbocycles. The van der Waals surface area contributed by atoms with Crippen LogP contribution in [0.15, 0.2) is 53.0 Å². The van der Waals surface area contributed by atoms with E-state index in [0.29, 0.717) is 10.6 Å². The number of carbonyl (C=O) groups is 1. The molecule has 0 saturated heterocycles. The lowest BCUT2D eigenvalue weighted by Gasteiger charge is -2.14. The van der Waals surface area contributed by atoms with Crippen molar-refractivity contribution >= 4 is 33.4 Å². The van der Waals surface area contributed by atoms with Gasteiger partial charge in [-0.3, -0.25) is 4.79 Å². The molecule has 0 aliphatic rings. The standard InChI is InChI=1S/C15H13BrClNO/c1-10(11-4-3-7-14(17)9-11)18-15(19)12-5-2-6-13(16)8-12/h2-10H,1H3,(H,18,19)/t10-/m1/s1. The lowest BCUT2D eigenvalue weighted by Crippen LogP contribution is -2.26. The summed E-state index contributed by atoms with van der Waals surface area (Å²) in [5.41, 5.74) is 1.61. The van der Waals surface area contributed by atoms with Crippen LogP contribution in [0.5, 0.6) is 0 Å². The zero-order valence-electron chi connectivity index (χ0n) is 10.4. The number of hydrogen-bond acceptors (Lipinski definition) is 1. The van der Waals surface area contributed by atoms with Crippen LogP contribution in [0.25, 0.3) is 0 Å². The molecule has 0 radical (unpaired) electrons. The Hall–Kier alpha value is -1.32. The van der Waals surface area contributed by atoms with Gasteiger partial charge in [0.1, 0.15) is 0 Å². The van der Waals surface area contributed by atoms with Crippen LogP contribution in [0.2, 0.25) is 5.02 Å². The predicted molar refractivity (Wildman–Crippen MR) is 81.5 cm³/mol. The number of hydrogen-bond donors (Lipinski definition) is 1. The zero-order valence-corrected chi connectivity index (χ0v) is 12.7. The van der Waals surface area contributed by atoms with E-state index in [-0.39, 0.29) is 11.9 Å². The molecule has 98 valence electrons. The first-order valence-corrected chi connectivity index (χ1v) is 7.05. The van der Waals surface area contributed by atoms with Crippen LogP contribution in [-0.4, -0.2) is 5.91 Å². The second-order valence-electron chi connectivity index (χ2n) is 4.26. The molecule has 19 heavy (non-hydrogen) atoms. The number of halogens is 2. The molecular weight excluding hydrogens is 326 g/mol. The Morgan fingerprint density at radius 1 is 1.21 bits per heavy atom. The number of carbonyl (C=O) groups excluding carboxylic acids is 1. The first kappa shape index (κ1) is 14.1. The van der Waals surface area contributed by atoms with Crippen molar-refractivity contribution in [2.45, 2.75) is 13.0 Å². The highest BCUT2D eigenvalue weighted by molar-refractivity contribution is 9.10. The Bertz CT molecular complexity index is 600. The van der Waals surface area contributed by atoms with Crippen molar-refractivity contribution in [3.63, 3.8) is 0 Å². The molecule has 0 aliphatic heterocycles. The molecule has 0 aliphatic carbocycles. The molecule has 0 unspecified atom stereocenters. The summed E-state index contributed by atoms with van der Waals surface area (Å²) in [4.78, 5) is 12.1. The van der Waals surface area contributed by atoms with Crippen molar-refractivity contribution in [3.8, 4) is 0 Å². The minimum absolute atomic E-state index is 0.0924. The van der Waals surface area contributed by atoms with Crippen LogP contribution >= 0.6 is 27.5 Å². The fraction of sp³-hybridized carbons (Fsp3) is 0.133. The number of benzene rings is 2. The second-order valence-corrected chi connectivity index (χ2v) is 5.61. The van der Waals surface area contributed by atoms with E-state index < -0.39 is 0 Å². The smallest absolute Gasteiger partial charge is 0.251 e. The zero-order chi connectivity index (χ0) is 13.8. The molecule has 2 aromatic rings. The normalized spacial score (nSPS) is 11.9. The fourth-order valence-electron chi connectivity index (χ4n) is 1.77. The molecule has 2 nitrogen and oxygen atoms in total. The highest BCUT2D eigenvalue weighted by atomic mass is 79.9. The van der Waals surface area contributed by atoms with Crippen LogP contribution in [0, 0.1) is 0 Å². The average molecular weight is 339 g/mol. The Balaban J connectivity index is 2.11. The third-order valence-electron chi connectivity index (χ3n) is 2.78. The Kier molecular flexibility index (Phi) is 4.61. The van der Waals surface area contributed by atoms with Crippen molar-refractivity contribution in [2.24, 2.45) is 0 Å². The van der Waals surface area contributed by atoms with E-state index in [1.54, 1.807) is 12.1 Å². The maximum absolute atomic E-state index is 12.1. The van der Waals surface area contributed by atoms with E-state index in [9.17, 15) is 4.79 Å². The second kappa shape index (κ2) is 6.22. The van der Waals surface area contributed by atoms with Gasteiger partial charge in [0.05, 0.1) is 6.04 Å². The third kappa shape index (κ3) is 3.82. The van der Waals surface area contributed by atoms with E-state index in [2.05, 4.69) is 21.2 Å². The molecule has 0 heterocycles. The largest absolute Gasteiger partial charge is 0.346 e. The lowest BCUT2D eigenvalue weighted by molar-refractivity contribution is 0.0940. The molecule has 0 bridgehead atoms. The molecule has 4 heteroatoms. The van der Waals surface area contributed by atoms with E-state index in [1.165, 1.54) is 0 Å². The topological polar surface area (TPSA) is 29.1 Å². The summed E-state index contributed by atoms with van der Waals surface area (Å²) in [6.45, 7) is 1.93. The van der Waals surface area contributed by atoms with Gasteiger partial charge in [0, 0.05) is 15.1 Å². The van der Waals surface area contributed by atoms with Gasteiger partial charge < -0.3 is 5.32 Å². The van der Waals surface area contributed by atoms with Crippen LogP contribution in [0.1, 0.15) is 28.9 Å². The van der Waals surface area contributed by atoms with Crippen molar-refractivity contribution in [3.05, 3.63) is 69.2 Å². The van der Waals surface area contributed by atoms with Gasteiger partial charge in [-0.2, -0.15) is 0 Å². The molecule has 0 saturated carbocycles. The van der Waals surface area contributed by atoms with Gasteiger partial charge in [-0.15, -0.1) is 0 Å². The first-order valence-electron chi connectivity index (χ1n) is 5.88. The quantitative estimate of drug-likeness (QED) is 0.871. The van der Waals surface area contributed by atoms with Gasteiger partial charge in [0.2, 0.25) is 0 Å². The van der Waals surface area contributed by atoms with Crippen molar-refractivity contribution in [2.75, 3.05) is 0 Å². The van der Waals surface area contributed by atoms with E-state index in [0.717, 1.165) is 10.0 Å². The van der Waals surface area contributed by atoms with Gasteiger partial charge in [-0.05, 0) is 42.8 Å². The Morgan fingerprint density at radius 3 is 2.63 bits per heavy atom. The summed E-state index contributed by atoms with van der Waals surface area (Å²) in [7, 11) is 0. The van der Waals surface area contributed by atoms with Crippen LogP contribution in [-0.2, 0) is 0 Å².